The van der Waals surface area contributed by atoms with Gasteiger partial charge in [0, 0.05) is 18.8 Å². The quantitative estimate of drug-likeness (QED) is 0.670. The van der Waals surface area contributed by atoms with Gasteiger partial charge in [-0.05, 0) is 56.9 Å². The lowest BCUT2D eigenvalue weighted by molar-refractivity contribution is -0.137. The summed E-state index contributed by atoms with van der Waals surface area (Å²) in [6.45, 7) is 1.92. The summed E-state index contributed by atoms with van der Waals surface area (Å²) < 4.78 is 40.0. The van der Waals surface area contributed by atoms with Crippen LogP contribution in [-0.4, -0.2) is 54.1 Å². The van der Waals surface area contributed by atoms with Gasteiger partial charge in [-0.1, -0.05) is 18.2 Å². The van der Waals surface area contributed by atoms with Crippen molar-refractivity contribution in [3.8, 4) is 6.07 Å². The van der Waals surface area contributed by atoms with Crippen LogP contribution < -0.4 is 4.90 Å². The number of carboxylic acid groups (broad SMARTS) is 1. The number of rotatable bonds is 6. The summed E-state index contributed by atoms with van der Waals surface area (Å²) in [6, 6.07) is 10.8. The summed E-state index contributed by atoms with van der Waals surface area (Å²) in [5.74, 6) is -1.30. The first-order valence-electron chi connectivity index (χ1n) is 10.3. The van der Waals surface area contributed by atoms with Crippen molar-refractivity contribution < 1.29 is 27.9 Å². The summed E-state index contributed by atoms with van der Waals surface area (Å²) >= 11 is 0. The molecular weight excluding hydrogens is 449 g/mol. The molecule has 1 atom stereocenters. The van der Waals surface area contributed by atoms with Crippen molar-refractivity contribution in [1.82, 2.24) is 9.80 Å². The lowest BCUT2D eigenvalue weighted by Gasteiger charge is -2.43. The van der Waals surface area contributed by atoms with Crippen LogP contribution in [0.3, 0.4) is 0 Å². The Balaban J connectivity index is 2.22. The van der Waals surface area contributed by atoms with Crippen LogP contribution in [0.15, 0.2) is 59.8 Å². The predicted octanol–water partition coefficient (Wildman–Crippen LogP) is 4.48. The molecule has 0 aromatic heterocycles. The molecule has 1 aliphatic rings. The van der Waals surface area contributed by atoms with Crippen molar-refractivity contribution in [3.05, 3.63) is 76.5 Å². The molecule has 0 bridgehead atoms. The molecule has 0 saturated carbocycles. The molecule has 3 rings (SSSR count). The predicted molar refractivity (Wildman–Crippen MR) is 119 cm³/mol. The number of anilines is 1. The molecule has 0 saturated heterocycles. The lowest BCUT2D eigenvalue weighted by Crippen LogP contribution is -2.52. The number of hydrogen-bond donors (Lipinski definition) is 1. The van der Waals surface area contributed by atoms with Crippen molar-refractivity contribution in [2.45, 2.75) is 19.1 Å². The van der Waals surface area contributed by atoms with Crippen molar-refractivity contribution in [1.29, 1.82) is 5.26 Å². The van der Waals surface area contributed by atoms with Crippen molar-refractivity contribution >= 4 is 17.7 Å². The van der Waals surface area contributed by atoms with Crippen LogP contribution in [0.4, 0.5) is 23.7 Å². The summed E-state index contributed by atoms with van der Waals surface area (Å²) in [4.78, 5) is 30.2. The number of carboxylic acids is 1. The Hall–Kier alpha value is -3.84. The van der Waals surface area contributed by atoms with Crippen LogP contribution >= 0.6 is 0 Å². The maximum Gasteiger partial charge on any atom is 0.416 e. The second kappa shape index (κ2) is 9.57. The molecule has 1 heterocycles. The fraction of sp³-hybridized carbons (Fsp3) is 0.292. The van der Waals surface area contributed by atoms with E-state index in [4.69, 9.17) is 5.26 Å². The second-order valence-corrected chi connectivity index (χ2v) is 8.10. The highest BCUT2D eigenvalue weighted by Gasteiger charge is 2.42. The van der Waals surface area contributed by atoms with E-state index in [1.807, 2.05) is 11.0 Å². The van der Waals surface area contributed by atoms with E-state index < -0.39 is 29.8 Å². The number of likely N-dealkylation sites (N-methyl/N-ethyl adjacent to an activating group) is 1. The molecule has 0 fully saturated rings. The number of urea groups is 1. The SMILES string of the molecule is CC1=C(C(=O)O)[C@@H](c2ccc(C#N)cc2)N(CCN(C)C)C(=O)N1c1cccc(C(F)(F)F)c1. The third kappa shape index (κ3) is 4.89. The van der Waals surface area contributed by atoms with Crippen LogP contribution in [0.2, 0.25) is 0 Å². The van der Waals surface area contributed by atoms with Gasteiger partial charge >= 0.3 is 18.2 Å². The Morgan fingerprint density at radius 2 is 1.82 bits per heavy atom. The molecule has 0 spiro atoms. The van der Waals surface area contributed by atoms with Gasteiger partial charge in [0.25, 0.3) is 0 Å². The van der Waals surface area contributed by atoms with Gasteiger partial charge in [-0.25, -0.2) is 9.59 Å². The standard InChI is InChI=1S/C24H23F3N4O3/c1-15-20(22(32)33)21(17-9-7-16(14-28)8-10-17)30(12-11-29(2)3)23(34)31(15)19-6-4-5-18(13-19)24(25,26)27/h4-10,13,21H,11-12H2,1-3H3,(H,32,33)/t21-/m1/s1. The molecule has 1 N–H and O–H groups in total. The number of allylic oxidation sites excluding steroid dienone is 1. The zero-order chi connectivity index (χ0) is 25.2. The fourth-order valence-electron chi connectivity index (χ4n) is 3.87. The van der Waals surface area contributed by atoms with Gasteiger partial charge in [-0.15, -0.1) is 0 Å². The van der Waals surface area contributed by atoms with Gasteiger partial charge in [-0.2, -0.15) is 18.4 Å². The van der Waals surface area contributed by atoms with Crippen LogP contribution in [-0.2, 0) is 11.0 Å². The van der Waals surface area contributed by atoms with E-state index in [1.54, 1.807) is 26.2 Å². The molecule has 0 radical (unpaired) electrons. The molecule has 2 aromatic rings. The smallest absolute Gasteiger partial charge is 0.416 e. The molecule has 34 heavy (non-hydrogen) atoms. The first kappa shape index (κ1) is 24.8. The average molecular weight is 472 g/mol. The minimum Gasteiger partial charge on any atom is -0.478 e. The highest BCUT2D eigenvalue weighted by atomic mass is 19.4. The number of alkyl halides is 3. The number of aliphatic carboxylic acids is 1. The molecule has 0 aliphatic carbocycles. The van der Waals surface area contributed by atoms with Gasteiger partial charge in [0.2, 0.25) is 0 Å². The highest BCUT2D eigenvalue weighted by molar-refractivity contribution is 6.02. The molecule has 1 aliphatic heterocycles. The summed E-state index contributed by atoms with van der Waals surface area (Å²) in [6.07, 6.45) is -4.63. The Kier molecular flexibility index (Phi) is 6.98. The lowest BCUT2D eigenvalue weighted by atomic mass is 9.92. The molecule has 2 amide bonds. The van der Waals surface area contributed by atoms with Gasteiger partial charge < -0.3 is 14.9 Å². The number of carbonyl (C=O) groups is 2. The molecule has 2 aromatic carbocycles. The Morgan fingerprint density at radius 1 is 1.18 bits per heavy atom. The third-order valence-corrected chi connectivity index (χ3v) is 5.55. The largest absolute Gasteiger partial charge is 0.478 e. The van der Waals surface area contributed by atoms with Crippen LogP contribution in [0, 0.1) is 11.3 Å². The monoisotopic (exact) mass is 472 g/mol. The zero-order valence-corrected chi connectivity index (χ0v) is 18.8. The minimum absolute atomic E-state index is 0.0206. The van der Waals surface area contributed by atoms with Crippen molar-refractivity contribution in [2.24, 2.45) is 0 Å². The van der Waals surface area contributed by atoms with E-state index in [0.717, 1.165) is 17.0 Å². The summed E-state index contributed by atoms with van der Waals surface area (Å²) in [5.41, 5.74) is -0.297. The average Bonchev–Trinajstić information content (AvgIpc) is 2.77. The Labute approximate surface area is 194 Å². The maximum absolute atomic E-state index is 13.7. The van der Waals surface area contributed by atoms with E-state index in [1.165, 1.54) is 36.1 Å². The number of nitriles is 1. The zero-order valence-electron chi connectivity index (χ0n) is 18.8. The topological polar surface area (TPSA) is 87.9 Å². The van der Waals surface area contributed by atoms with Crippen LogP contribution in [0.1, 0.15) is 29.7 Å². The van der Waals surface area contributed by atoms with Gasteiger partial charge in [0.15, 0.2) is 0 Å². The van der Waals surface area contributed by atoms with Gasteiger partial charge in [-0.3, -0.25) is 4.90 Å². The molecule has 10 heteroatoms. The van der Waals surface area contributed by atoms with E-state index in [-0.39, 0.29) is 23.5 Å². The minimum atomic E-state index is -4.63. The summed E-state index contributed by atoms with van der Waals surface area (Å²) in [5, 5.41) is 19.2. The number of amides is 2. The molecule has 7 nitrogen and oxygen atoms in total. The van der Waals surface area contributed by atoms with E-state index in [9.17, 15) is 27.9 Å². The van der Waals surface area contributed by atoms with Crippen LogP contribution in [0.5, 0.6) is 0 Å². The van der Waals surface area contributed by atoms with Crippen molar-refractivity contribution in [2.75, 3.05) is 32.1 Å². The van der Waals surface area contributed by atoms with Gasteiger partial charge in [0.1, 0.15) is 0 Å². The first-order valence-corrected chi connectivity index (χ1v) is 10.3. The van der Waals surface area contributed by atoms with Crippen molar-refractivity contribution in [3.63, 3.8) is 0 Å². The number of hydrogen-bond acceptors (Lipinski definition) is 4. The van der Waals surface area contributed by atoms with Crippen LogP contribution in [0.25, 0.3) is 0 Å². The number of halogens is 3. The highest BCUT2D eigenvalue weighted by Crippen LogP contribution is 2.40. The summed E-state index contributed by atoms with van der Waals surface area (Å²) in [7, 11) is 3.57. The number of benzene rings is 2. The second-order valence-electron chi connectivity index (χ2n) is 8.10. The Morgan fingerprint density at radius 3 is 2.35 bits per heavy atom. The van der Waals surface area contributed by atoms with Gasteiger partial charge in [0.05, 0.1) is 34.5 Å². The Bertz CT molecular complexity index is 1170. The molecule has 178 valence electrons. The molecule has 0 unspecified atom stereocenters. The van der Waals surface area contributed by atoms with E-state index in [0.29, 0.717) is 17.7 Å². The van der Waals surface area contributed by atoms with E-state index in [2.05, 4.69) is 0 Å². The maximum atomic E-state index is 13.7. The molecular formula is C24H23F3N4O3. The van der Waals surface area contributed by atoms with E-state index >= 15 is 0 Å². The number of carbonyl (C=O) groups excluding carboxylic acids is 1. The fourth-order valence-corrected chi connectivity index (χ4v) is 3.87. The normalized spacial score (nSPS) is 16.8. The third-order valence-electron chi connectivity index (χ3n) is 5.55. The number of nitrogens with zero attached hydrogens (tertiary/aromatic N) is 4. The first-order chi connectivity index (χ1) is 16.0.